The Bertz CT molecular complexity index is 434. The summed E-state index contributed by atoms with van der Waals surface area (Å²) in [5.41, 5.74) is 0.473. The van der Waals surface area contributed by atoms with Gasteiger partial charge in [-0.3, -0.25) is 0 Å². The van der Waals surface area contributed by atoms with Crippen LogP contribution in [0.4, 0.5) is 0 Å². The zero-order chi connectivity index (χ0) is 16.0. The van der Waals surface area contributed by atoms with E-state index in [9.17, 15) is 4.79 Å². The second-order valence-electron chi connectivity index (χ2n) is 5.50. The second kappa shape index (κ2) is 11.8. The van der Waals surface area contributed by atoms with Gasteiger partial charge in [0.05, 0.1) is 12.2 Å². The van der Waals surface area contributed by atoms with Gasteiger partial charge in [0.25, 0.3) is 0 Å². The average molecular weight is 304 g/mol. The topological polar surface area (TPSA) is 46.5 Å². The van der Waals surface area contributed by atoms with Crippen molar-refractivity contribution in [2.45, 2.75) is 58.3 Å². The Morgan fingerprint density at radius 1 is 1.00 bits per heavy atom. The van der Waals surface area contributed by atoms with Gasteiger partial charge in [-0.25, -0.2) is 4.79 Å². The van der Waals surface area contributed by atoms with Crippen molar-refractivity contribution in [2.75, 3.05) is 6.61 Å². The van der Waals surface area contributed by atoms with Gasteiger partial charge in [-0.1, -0.05) is 44.8 Å². The molecule has 0 saturated heterocycles. The molecule has 1 rings (SSSR count). The van der Waals surface area contributed by atoms with Crippen LogP contribution in [-0.2, 0) is 4.74 Å². The molecule has 0 aromatic heterocycles. The lowest BCUT2D eigenvalue weighted by Crippen LogP contribution is -2.05. The Morgan fingerprint density at radius 2 is 1.64 bits per heavy atom. The number of unbranched alkanes of at least 4 members (excludes halogenated alkanes) is 6. The number of phenolic OH excluding ortho intramolecular Hbond substituents is 1. The zero-order valence-corrected chi connectivity index (χ0v) is 13.6. The largest absolute Gasteiger partial charge is 0.508 e. The van der Waals surface area contributed by atoms with Gasteiger partial charge in [0.15, 0.2) is 0 Å². The third-order valence-electron chi connectivity index (χ3n) is 3.49. The molecular weight excluding hydrogens is 276 g/mol. The number of allylic oxidation sites excluding steroid dienone is 2. The molecule has 0 unspecified atom stereocenters. The van der Waals surface area contributed by atoms with E-state index >= 15 is 0 Å². The Hall–Kier alpha value is -1.77. The Kier molecular flexibility index (Phi) is 9.84. The van der Waals surface area contributed by atoms with Gasteiger partial charge in [-0.15, -0.1) is 0 Å². The molecule has 0 aliphatic carbocycles. The van der Waals surface area contributed by atoms with Crippen LogP contribution >= 0.6 is 0 Å². The summed E-state index contributed by atoms with van der Waals surface area (Å²) in [5, 5.41) is 9.16. The molecule has 0 bridgehead atoms. The number of rotatable bonds is 11. The summed E-state index contributed by atoms with van der Waals surface area (Å²) in [6, 6.07) is 6.10. The van der Waals surface area contributed by atoms with E-state index in [1.165, 1.54) is 44.2 Å². The number of phenols is 1. The van der Waals surface area contributed by atoms with Gasteiger partial charge in [0, 0.05) is 0 Å². The molecule has 0 fully saturated rings. The fourth-order valence-corrected chi connectivity index (χ4v) is 2.15. The van der Waals surface area contributed by atoms with Gasteiger partial charge < -0.3 is 9.84 Å². The fourth-order valence-electron chi connectivity index (χ4n) is 2.15. The maximum Gasteiger partial charge on any atom is 0.338 e. The van der Waals surface area contributed by atoms with Crippen LogP contribution in [0, 0.1) is 0 Å². The van der Waals surface area contributed by atoms with Crippen LogP contribution < -0.4 is 0 Å². The lowest BCUT2D eigenvalue weighted by atomic mass is 10.1. The van der Waals surface area contributed by atoms with Gasteiger partial charge in [0.2, 0.25) is 0 Å². The molecule has 3 nitrogen and oxygen atoms in total. The van der Waals surface area contributed by atoms with Crippen molar-refractivity contribution < 1.29 is 14.6 Å². The molecule has 0 heterocycles. The molecule has 0 spiro atoms. The highest BCUT2D eigenvalue weighted by Crippen LogP contribution is 2.11. The second-order valence-corrected chi connectivity index (χ2v) is 5.50. The summed E-state index contributed by atoms with van der Waals surface area (Å²) < 4.78 is 5.19. The predicted molar refractivity (Wildman–Crippen MR) is 90.1 cm³/mol. The molecule has 0 atom stereocenters. The third kappa shape index (κ3) is 8.50. The summed E-state index contributed by atoms with van der Waals surface area (Å²) in [6.07, 6.45) is 13.9. The monoisotopic (exact) mass is 304 g/mol. The number of ether oxygens (including phenoxy) is 1. The summed E-state index contributed by atoms with van der Waals surface area (Å²) >= 11 is 0. The van der Waals surface area contributed by atoms with E-state index in [2.05, 4.69) is 19.1 Å². The number of benzene rings is 1. The number of hydrogen-bond acceptors (Lipinski definition) is 3. The Labute approximate surface area is 134 Å². The number of hydrogen-bond donors (Lipinski definition) is 1. The first-order chi connectivity index (χ1) is 10.7. The van der Waals surface area contributed by atoms with E-state index in [0.717, 1.165) is 19.3 Å². The van der Waals surface area contributed by atoms with Crippen LogP contribution in [-0.4, -0.2) is 17.7 Å². The molecule has 0 aliphatic heterocycles. The van der Waals surface area contributed by atoms with E-state index in [-0.39, 0.29) is 11.7 Å². The number of carbonyl (C=O) groups is 1. The number of carbonyl (C=O) groups excluding carboxylic acids is 1. The highest BCUT2D eigenvalue weighted by molar-refractivity contribution is 5.89. The maximum absolute atomic E-state index is 11.7. The minimum absolute atomic E-state index is 0.149. The third-order valence-corrected chi connectivity index (χ3v) is 3.49. The molecule has 1 aromatic carbocycles. The molecule has 0 aliphatic rings. The minimum Gasteiger partial charge on any atom is -0.508 e. The van der Waals surface area contributed by atoms with Crippen LogP contribution in [0.2, 0.25) is 0 Å². The van der Waals surface area contributed by atoms with Crippen LogP contribution in [0.3, 0.4) is 0 Å². The van der Waals surface area contributed by atoms with E-state index in [4.69, 9.17) is 9.84 Å². The van der Waals surface area contributed by atoms with Crippen molar-refractivity contribution in [1.29, 1.82) is 0 Å². The molecular formula is C19H28O3. The summed E-state index contributed by atoms with van der Waals surface area (Å²) in [6.45, 7) is 2.66. The smallest absolute Gasteiger partial charge is 0.338 e. The van der Waals surface area contributed by atoms with Gasteiger partial charge in [-0.05, 0) is 49.9 Å². The lowest BCUT2D eigenvalue weighted by Gasteiger charge is -2.03. The van der Waals surface area contributed by atoms with E-state index in [1.54, 1.807) is 12.1 Å². The standard InChI is InChI=1S/C19H28O3/c1-2-3-4-5-6-7-8-9-10-11-16-22-19(21)17-12-14-18(20)15-13-17/h8-9,12-15,20H,2-7,10-11,16H2,1H3/b9-8+. The molecule has 122 valence electrons. The maximum atomic E-state index is 11.7. The van der Waals surface area contributed by atoms with Crippen molar-refractivity contribution in [1.82, 2.24) is 0 Å². The molecule has 1 N–H and O–H groups in total. The van der Waals surface area contributed by atoms with Gasteiger partial charge in [0.1, 0.15) is 5.75 Å². The van der Waals surface area contributed by atoms with Crippen molar-refractivity contribution in [3.05, 3.63) is 42.0 Å². The molecule has 22 heavy (non-hydrogen) atoms. The summed E-state index contributed by atoms with van der Waals surface area (Å²) in [7, 11) is 0. The lowest BCUT2D eigenvalue weighted by molar-refractivity contribution is 0.0501. The molecule has 0 saturated carbocycles. The summed E-state index contributed by atoms with van der Waals surface area (Å²) in [5.74, 6) is -0.184. The quantitative estimate of drug-likeness (QED) is 0.345. The highest BCUT2D eigenvalue weighted by Gasteiger charge is 2.05. The Morgan fingerprint density at radius 3 is 2.32 bits per heavy atom. The SMILES string of the molecule is CCCCCCC/C=C/CCCOC(=O)c1ccc(O)cc1. The van der Waals surface area contributed by atoms with Gasteiger partial charge >= 0.3 is 5.97 Å². The van der Waals surface area contributed by atoms with Crippen LogP contribution in [0.5, 0.6) is 5.75 Å². The first-order valence-corrected chi connectivity index (χ1v) is 8.35. The van der Waals surface area contributed by atoms with Crippen molar-refractivity contribution in [3.63, 3.8) is 0 Å². The van der Waals surface area contributed by atoms with Crippen molar-refractivity contribution in [2.24, 2.45) is 0 Å². The number of esters is 1. The molecule has 3 heteroatoms. The average Bonchev–Trinajstić information content (AvgIpc) is 2.53. The highest BCUT2D eigenvalue weighted by atomic mass is 16.5. The van der Waals surface area contributed by atoms with Crippen molar-refractivity contribution >= 4 is 5.97 Å². The Balaban J connectivity index is 2.01. The molecule has 0 amide bonds. The van der Waals surface area contributed by atoms with E-state index in [1.807, 2.05) is 0 Å². The van der Waals surface area contributed by atoms with Crippen LogP contribution in [0.1, 0.15) is 68.6 Å². The minimum atomic E-state index is -0.333. The van der Waals surface area contributed by atoms with E-state index < -0.39 is 0 Å². The number of aromatic hydroxyl groups is 1. The first-order valence-electron chi connectivity index (χ1n) is 8.35. The van der Waals surface area contributed by atoms with Crippen molar-refractivity contribution in [3.8, 4) is 5.75 Å². The van der Waals surface area contributed by atoms with Crippen LogP contribution in [0.15, 0.2) is 36.4 Å². The van der Waals surface area contributed by atoms with E-state index in [0.29, 0.717) is 12.2 Å². The summed E-state index contributed by atoms with van der Waals surface area (Å²) in [4.78, 5) is 11.7. The molecule has 0 radical (unpaired) electrons. The first kappa shape index (κ1) is 18.3. The van der Waals surface area contributed by atoms with Crippen LogP contribution in [0.25, 0.3) is 0 Å². The predicted octanol–water partition coefficient (Wildman–Crippen LogP) is 5.25. The molecule has 1 aromatic rings. The van der Waals surface area contributed by atoms with Gasteiger partial charge in [-0.2, -0.15) is 0 Å². The fraction of sp³-hybridized carbons (Fsp3) is 0.526. The zero-order valence-electron chi connectivity index (χ0n) is 13.6. The normalized spacial score (nSPS) is 11.0.